The highest BCUT2D eigenvalue weighted by atomic mass is 19.1. The van der Waals surface area contributed by atoms with Crippen molar-refractivity contribution in [3.63, 3.8) is 0 Å². The number of carbonyl (C=O) groups is 1. The van der Waals surface area contributed by atoms with Crippen molar-refractivity contribution in [3.8, 4) is 0 Å². The van der Waals surface area contributed by atoms with E-state index in [1.165, 1.54) is 6.42 Å². The number of nitrogens with zero attached hydrogens (tertiary/aromatic N) is 2. The lowest BCUT2D eigenvalue weighted by atomic mass is 9.91. The first-order valence-electron chi connectivity index (χ1n) is 9.34. The molecule has 1 aromatic carbocycles. The van der Waals surface area contributed by atoms with Crippen molar-refractivity contribution in [2.45, 2.75) is 58.2 Å². The number of imidazole rings is 1. The molecule has 4 rings (SSSR count). The van der Waals surface area contributed by atoms with Gasteiger partial charge in [-0.1, -0.05) is 26.8 Å². The summed E-state index contributed by atoms with van der Waals surface area (Å²) in [7, 11) is 0. The number of ether oxygens (including phenoxy) is 1. The summed E-state index contributed by atoms with van der Waals surface area (Å²) in [6, 6.07) is 5.82. The van der Waals surface area contributed by atoms with E-state index in [-0.39, 0.29) is 24.5 Å². The Balaban J connectivity index is 1.71. The summed E-state index contributed by atoms with van der Waals surface area (Å²) >= 11 is 0. The second-order valence-corrected chi connectivity index (χ2v) is 8.84. The topological polar surface area (TPSA) is 56.1 Å². The number of hydrogen-bond acceptors (Lipinski definition) is 3. The van der Waals surface area contributed by atoms with E-state index in [9.17, 15) is 9.18 Å². The number of alkyl halides is 1. The maximum atomic E-state index is 14.8. The molecule has 0 bridgehead atoms. The fraction of sp³-hybridized carbons (Fsp3) is 0.600. The third kappa shape index (κ3) is 3.11. The molecule has 2 aliphatic rings. The quantitative estimate of drug-likeness (QED) is 0.884. The highest BCUT2D eigenvalue weighted by Gasteiger charge is 2.41. The monoisotopic (exact) mass is 359 g/mol. The van der Waals surface area contributed by atoms with E-state index < -0.39 is 5.67 Å². The molecule has 1 aromatic heterocycles. The van der Waals surface area contributed by atoms with Crippen LogP contribution in [-0.2, 0) is 15.2 Å². The Morgan fingerprint density at radius 1 is 1.38 bits per heavy atom. The first kappa shape index (κ1) is 17.5. The van der Waals surface area contributed by atoms with Crippen molar-refractivity contribution < 1.29 is 13.9 Å². The van der Waals surface area contributed by atoms with Gasteiger partial charge in [0.2, 0.25) is 11.9 Å². The minimum atomic E-state index is -1.40. The molecule has 26 heavy (non-hydrogen) atoms. The lowest BCUT2D eigenvalue weighted by Gasteiger charge is -2.34. The van der Waals surface area contributed by atoms with Gasteiger partial charge in [-0.05, 0) is 42.4 Å². The van der Waals surface area contributed by atoms with E-state index in [4.69, 9.17) is 4.74 Å². The molecule has 1 saturated carbocycles. The van der Waals surface area contributed by atoms with Crippen LogP contribution < -0.4 is 5.32 Å². The third-order valence-electron chi connectivity index (χ3n) is 5.25. The summed E-state index contributed by atoms with van der Waals surface area (Å²) in [5.74, 6) is 0.539. The van der Waals surface area contributed by atoms with Crippen molar-refractivity contribution in [2.24, 2.45) is 5.41 Å². The second kappa shape index (κ2) is 6.05. The molecule has 6 heteroatoms. The molecule has 1 amide bonds. The van der Waals surface area contributed by atoms with Gasteiger partial charge in [-0.2, -0.15) is 0 Å². The number of benzene rings is 1. The molecule has 1 saturated heterocycles. The van der Waals surface area contributed by atoms with Gasteiger partial charge in [-0.25, -0.2) is 9.37 Å². The highest BCUT2D eigenvalue weighted by molar-refractivity contribution is 5.92. The molecule has 140 valence electrons. The van der Waals surface area contributed by atoms with Crippen LogP contribution in [0, 0.1) is 5.41 Å². The molecule has 1 aliphatic carbocycles. The largest absolute Gasteiger partial charge is 0.374 e. The van der Waals surface area contributed by atoms with Crippen molar-refractivity contribution in [2.75, 3.05) is 18.5 Å². The minimum Gasteiger partial charge on any atom is -0.374 e. The van der Waals surface area contributed by atoms with E-state index in [2.05, 4.69) is 14.9 Å². The van der Waals surface area contributed by atoms with Gasteiger partial charge in [-0.15, -0.1) is 0 Å². The molecule has 2 aromatic rings. The van der Waals surface area contributed by atoms with Crippen molar-refractivity contribution in [1.82, 2.24) is 9.55 Å². The minimum absolute atomic E-state index is 0.0389. The Labute approximate surface area is 152 Å². The fourth-order valence-electron chi connectivity index (χ4n) is 3.57. The number of anilines is 1. The fourth-order valence-corrected chi connectivity index (χ4v) is 3.57. The first-order chi connectivity index (χ1) is 12.3. The molecule has 2 heterocycles. The summed E-state index contributed by atoms with van der Waals surface area (Å²) in [4.78, 5) is 17.1. The molecule has 0 atom stereocenters. The van der Waals surface area contributed by atoms with Gasteiger partial charge in [0.1, 0.15) is 0 Å². The van der Waals surface area contributed by atoms with Gasteiger partial charge >= 0.3 is 0 Å². The maximum Gasteiger partial charge on any atom is 0.227 e. The maximum absolute atomic E-state index is 14.8. The molecule has 2 fully saturated rings. The summed E-state index contributed by atoms with van der Waals surface area (Å²) in [5.41, 5.74) is 0.815. The average molecular weight is 359 g/mol. The van der Waals surface area contributed by atoms with Gasteiger partial charge in [0, 0.05) is 12.5 Å². The van der Waals surface area contributed by atoms with Crippen LogP contribution in [0.1, 0.15) is 58.1 Å². The Morgan fingerprint density at radius 2 is 2.12 bits per heavy atom. The van der Waals surface area contributed by atoms with E-state index >= 15 is 0 Å². The molecule has 5 nitrogen and oxygen atoms in total. The number of amides is 1. The van der Waals surface area contributed by atoms with E-state index in [0.29, 0.717) is 24.0 Å². The summed E-state index contributed by atoms with van der Waals surface area (Å²) in [6.45, 7) is 6.32. The Morgan fingerprint density at radius 3 is 2.65 bits per heavy atom. The molecule has 1 N–H and O–H groups in total. The average Bonchev–Trinajstić information content (AvgIpc) is 2.78. The molecule has 0 unspecified atom stereocenters. The SMILES string of the molecule is CC(C)(C)CC(=O)Nc1nc2ccc(C3(F)COC3)cc2n1C1CCC1. The van der Waals surface area contributed by atoms with E-state index in [1.807, 2.05) is 32.9 Å². The lowest BCUT2D eigenvalue weighted by molar-refractivity contribution is -0.135. The lowest BCUT2D eigenvalue weighted by Crippen LogP contribution is -2.42. The van der Waals surface area contributed by atoms with Gasteiger partial charge in [0.15, 0.2) is 5.67 Å². The normalized spacial score (nSPS) is 19.8. The number of halogens is 1. The number of nitrogens with one attached hydrogen (secondary N) is 1. The van der Waals surface area contributed by atoms with Gasteiger partial charge in [0.05, 0.1) is 24.2 Å². The zero-order chi connectivity index (χ0) is 18.5. The molecular weight excluding hydrogens is 333 g/mol. The van der Waals surface area contributed by atoms with Crippen LogP contribution in [0.4, 0.5) is 10.3 Å². The van der Waals surface area contributed by atoms with Crippen molar-refractivity contribution >= 4 is 22.9 Å². The molecular formula is C20H26FN3O2. The third-order valence-corrected chi connectivity index (χ3v) is 5.25. The smallest absolute Gasteiger partial charge is 0.227 e. The van der Waals surface area contributed by atoms with Crippen molar-refractivity contribution in [1.29, 1.82) is 0 Å². The van der Waals surface area contributed by atoms with Gasteiger partial charge in [0.25, 0.3) is 0 Å². The first-order valence-corrected chi connectivity index (χ1v) is 9.34. The van der Waals surface area contributed by atoms with Crippen molar-refractivity contribution in [3.05, 3.63) is 23.8 Å². The summed E-state index contributed by atoms with van der Waals surface area (Å²) in [6.07, 6.45) is 3.71. The second-order valence-electron chi connectivity index (χ2n) is 8.84. The number of carbonyl (C=O) groups excluding carboxylic acids is 1. The number of hydrogen-bond donors (Lipinski definition) is 1. The Kier molecular flexibility index (Phi) is 4.06. The zero-order valence-corrected chi connectivity index (χ0v) is 15.6. The van der Waals surface area contributed by atoms with Crippen LogP contribution in [0.2, 0.25) is 0 Å². The van der Waals surface area contributed by atoms with Crippen LogP contribution in [0.3, 0.4) is 0 Å². The van der Waals surface area contributed by atoms with Gasteiger partial charge in [-0.3, -0.25) is 10.1 Å². The van der Waals surface area contributed by atoms with Crippen LogP contribution in [-0.4, -0.2) is 28.7 Å². The van der Waals surface area contributed by atoms with E-state index in [0.717, 1.165) is 23.9 Å². The Hall–Kier alpha value is -1.95. The van der Waals surface area contributed by atoms with Crippen LogP contribution in [0.15, 0.2) is 18.2 Å². The predicted molar refractivity (Wildman–Crippen MR) is 98.9 cm³/mol. The Bertz CT molecular complexity index is 845. The number of aromatic nitrogens is 2. The predicted octanol–water partition coefficient (Wildman–Crippen LogP) is 4.33. The van der Waals surface area contributed by atoms with Crippen LogP contribution in [0.25, 0.3) is 11.0 Å². The highest BCUT2D eigenvalue weighted by Crippen LogP contribution is 2.40. The number of fused-ring (bicyclic) bond motifs is 1. The molecule has 0 radical (unpaired) electrons. The summed E-state index contributed by atoms with van der Waals surface area (Å²) in [5, 5.41) is 2.99. The van der Waals surface area contributed by atoms with Gasteiger partial charge < -0.3 is 9.30 Å². The molecule has 1 aliphatic heterocycles. The molecule has 0 spiro atoms. The van der Waals surface area contributed by atoms with Crippen LogP contribution in [0.5, 0.6) is 0 Å². The summed E-state index contributed by atoms with van der Waals surface area (Å²) < 4.78 is 21.9. The standard InChI is InChI=1S/C20H26FN3O2/c1-19(2,3)10-17(25)23-18-22-15-8-7-13(20(21)11-26-12-20)9-16(15)24(18)14-5-4-6-14/h7-9,14H,4-6,10-12H2,1-3H3,(H,22,23,25). The van der Waals surface area contributed by atoms with Crippen LogP contribution >= 0.6 is 0 Å². The zero-order valence-electron chi connectivity index (χ0n) is 15.6. The van der Waals surface area contributed by atoms with E-state index in [1.54, 1.807) is 6.07 Å². The number of rotatable bonds is 4.